The molecule has 2 atom stereocenters. The molecule has 1 aromatic carbocycles. The number of hydrogen-bond donors (Lipinski definition) is 1. The van der Waals surface area contributed by atoms with Crippen LogP contribution in [0, 0.1) is 10.1 Å². The lowest BCUT2D eigenvalue weighted by molar-refractivity contribution is -0.384. The van der Waals surface area contributed by atoms with Gasteiger partial charge in [-0.15, -0.1) is 0 Å². The number of carbonyl (C=O) groups is 1. The molecule has 0 saturated carbocycles. The molecule has 1 aromatic rings. The van der Waals surface area contributed by atoms with Crippen LogP contribution >= 0.6 is 0 Å². The smallest absolute Gasteiger partial charge is 0.269 e. The third kappa shape index (κ3) is 5.01. The molecule has 23 heavy (non-hydrogen) atoms. The van der Waals surface area contributed by atoms with Gasteiger partial charge in [0.05, 0.1) is 24.6 Å². The minimum Gasteiger partial charge on any atom is -0.379 e. The molecule has 0 aromatic heterocycles. The highest BCUT2D eigenvalue weighted by Crippen LogP contribution is 2.13. The number of nitrogens with zero attached hydrogens (tertiary/aromatic N) is 2. The van der Waals surface area contributed by atoms with Crippen molar-refractivity contribution in [3.8, 4) is 0 Å². The highest BCUT2D eigenvalue weighted by atomic mass is 16.6. The summed E-state index contributed by atoms with van der Waals surface area (Å²) in [5, 5.41) is 13.6. The molecule has 1 aliphatic heterocycles. The fraction of sp³-hybridized carbons (Fsp3) is 0.562. The van der Waals surface area contributed by atoms with Gasteiger partial charge in [-0.25, -0.2) is 0 Å². The van der Waals surface area contributed by atoms with Gasteiger partial charge in [0.25, 0.3) is 5.69 Å². The lowest BCUT2D eigenvalue weighted by atomic mass is 10.1. The Morgan fingerprint density at radius 2 is 1.91 bits per heavy atom. The maximum absolute atomic E-state index is 12.1. The topological polar surface area (TPSA) is 84.7 Å². The van der Waals surface area contributed by atoms with E-state index >= 15 is 0 Å². The van der Waals surface area contributed by atoms with Gasteiger partial charge in [-0.2, -0.15) is 0 Å². The number of morpholine rings is 1. The number of benzene rings is 1. The second-order valence-electron chi connectivity index (χ2n) is 5.85. The van der Waals surface area contributed by atoms with Crippen LogP contribution in [-0.2, 0) is 16.0 Å². The molecule has 1 heterocycles. The molecule has 0 bridgehead atoms. The van der Waals surface area contributed by atoms with Crippen molar-refractivity contribution in [2.75, 3.05) is 26.3 Å². The summed E-state index contributed by atoms with van der Waals surface area (Å²) in [6, 6.07) is 6.34. The van der Waals surface area contributed by atoms with E-state index in [2.05, 4.69) is 17.1 Å². The van der Waals surface area contributed by atoms with E-state index in [1.54, 1.807) is 12.1 Å². The third-order valence-electron chi connectivity index (χ3n) is 4.25. The first-order valence-corrected chi connectivity index (χ1v) is 7.82. The van der Waals surface area contributed by atoms with Gasteiger partial charge in [-0.05, 0) is 19.4 Å². The van der Waals surface area contributed by atoms with E-state index < -0.39 is 4.92 Å². The molecule has 0 spiro atoms. The monoisotopic (exact) mass is 321 g/mol. The fourth-order valence-corrected chi connectivity index (χ4v) is 2.65. The summed E-state index contributed by atoms with van der Waals surface area (Å²) < 4.78 is 5.34. The quantitative estimate of drug-likeness (QED) is 0.632. The molecule has 1 aliphatic rings. The van der Waals surface area contributed by atoms with Gasteiger partial charge in [0.1, 0.15) is 0 Å². The van der Waals surface area contributed by atoms with Gasteiger partial charge in [0, 0.05) is 37.3 Å². The maximum Gasteiger partial charge on any atom is 0.269 e. The first-order valence-electron chi connectivity index (χ1n) is 7.82. The lowest BCUT2D eigenvalue weighted by Gasteiger charge is -2.35. The van der Waals surface area contributed by atoms with Crippen molar-refractivity contribution in [2.24, 2.45) is 0 Å². The molecular formula is C16H23N3O4. The van der Waals surface area contributed by atoms with Crippen LogP contribution < -0.4 is 5.32 Å². The van der Waals surface area contributed by atoms with Crippen LogP contribution in [0.5, 0.6) is 0 Å². The fourth-order valence-electron chi connectivity index (χ4n) is 2.65. The molecule has 7 heteroatoms. The highest BCUT2D eigenvalue weighted by Gasteiger charge is 2.23. The summed E-state index contributed by atoms with van der Waals surface area (Å²) >= 11 is 0. The Morgan fingerprint density at radius 1 is 1.30 bits per heavy atom. The molecule has 2 rings (SSSR count). The van der Waals surface area contributed by atoms with Crippen LogP contribution in [0.15, 0.2) is 24.3 Å². The normalized spacial score (nSPS) is 18.2. The highest BCUT2D eigenvalue weighted by molar-refractivity contribution is 5.79. The van der Waals surface area contributed by atoms with Crippen molar-refractivity contribution in [3.05, 3.63) is 39.9 Å². The van der Waals surface area contributed by atoms with Crippen LogP contribution in [-0.4, -0.2) is 54.1 Å². The number of non-ortho nitro benzene ring substituents is 1. The number of hydrogen-bond acceptors (Lipinski definition) is 5. The summed E-state index contributed by atoms with van der Waals surface area (Å²) in [6.07, 6.45) is 0.220. The minimum atomic E-state index is -0.448. The summed E-state index contributed by atoms with van der Waals surface area (Å²) in [6.45, 7) is 7.31. The number of nitrogens with one attached hydrogen (secondary N) is 1. The molecule has 2 unspecified atom stereocenters. The molecule has 1 amide bonds. The van der Waals surface area contributed by atoms with Crippen LogP contribution in [0.1, 0.15) is 19.4 Å². The Labute approximate surface area is 135 Å². The van der Waals surface area contributed by atoms with E-state index in [9.17, 15) is 14.9 Å². The number of nitro benzene ring substituents is 1. The van der Waals surface area contributed by atoms with Gasteiger partial charge in [-0.1, -0.05) is 12.1 Å². The molecule has 1 N–H and O–H groups in total. The predicted molar refractivity (Wildman–Crippen MR) is 86.3 cm³/mol. The Bertz CT molecular complexity index is 541. The van der Waals surface area contributed by atoms with Crippen molar-refractivity contribution in [1.82, 2.24) is 10.2 Å². The standard InChI is InChI=1S/C16H23N3O4/c1-12(13(2)18-7-9-23-10-8-18)17-16(20)11-14-3-5-15(6-4-14)19(21)22/h3-6,12-13H,7-11H2,1-2H3,(H,17,20). The van der Waals surface area contributed by atoms with Gasteiger partial charge in [0.2, 0.25) is 5.91 Å². The molecule has 126 valence electrons. The first kappa shape index (κ1) is 17.4. The van der Waals surface area contributed by atoms with Crippen LogP contribution in [0.3, 0.4) is 0 Å². The number of amides is 1. The van der Waals surface area contributed by atoms with E-state index in [0.717, 1.165) is 31.9 Å². The zero-order chi connectivity index (χ0) is 16.8. The van der Waals surface area contributed by atoms with Crippen molar-refractivity contribution in [3.63, 3.8) is 0 Å². The van der Waals surface area contributed by atoms with E-state index in [1.165, 1.54) is 12.1 Å². The zero-order valence-electron chi connectivity index (χ0n) is 13.5. The van der Waals surface area contributed by atoms with E-state index in [0.29, 0.717) is 0 Å². The molecule has 1 fully saturated rings. The maximum atomic E-state index is 12.1. The number of ether oxygens (including phenoxy) is 1. The third-order valence-corrected chi connectivity index (χ3v) is 4.25. The Balaban J connectivity index is 1.84. The predicted octanol–water partition coefficient (Wildman–Crippen LogP) is 1.36. The zero-order valence-corrected chi connectivity index (χ0v) is 13.5. The number of rotatable bonds is 6. The summed E-state index contributed by atoms with van der Waals surface area (Å²) in [5.41, 5.74) is 0.794. The summed E-state index contributed by atoms with van der Waals surface area (Å²) in [4.78, 5) is 24.6. The van der Waals surface area contributed by atoms with E-state index in [-0.39, 0.29) is 30.1 Å². The van der Waals surface area contributed by atoms with Gasteiger partial charge >= 0.3 is 0 Å². The lowest BCUT2D eigenvalue weighted by Crippen LogP contribution is -2.52. The molecule has 0 aliphatic carbocycles. The van der Waals surface area contributed by atoms with Gasteiger partial charge in [-0.3, -0.25) is 19.8 Å². The Hall–Kier alpha value is -1.99. The van der Waals surface area contributed by atoms with Gasteiger partial charge in [0.15, 0.2) is 0 Å². The number of carbonyl (C=O) groups excluding carboxylic acids is 1. The second-order valence-corrected chi connectivity index (χ2v) is 5.85. The average molecular weight is 321 g/mol. The second kappa shape index (κ2) is 8.03. The van der Waals surface area contributed by atoms with E-state index in [1.807, 2.05) is 6.92 Å². The summed E-state index contributed by atoms with van der Waals surface area (Å²) in [5.74, 6) is -0.0773. The van der Waals surface area contributed by atoms with Crippen molar-refractivity contribution in [2.45, 2.75) is 32.4 Å². The van der Waals surface area contributed by atoms with Crippen LogP contribution in [0.4, 0.5) is 5.69 Å². The molecular weight excluding hydrogens is 298 g/mol. The van der Waals surface area contributed by atoms with Gasteiger partial charge < -0.3 is 10.1 Å². The van der Waals surface area contributed by atoms with Crippen LogP contribution in [0.2, 0.25) is 0 Å². The minimum absolute atomic E-state index is 0.0265. The largest absolute Gasteiger partial charge is 0.379 e. The van der Waals surface area contributed by atoms with Crippen molar-refractivity contribution < 1.29 is 14.5 Å². The molecule has 1 saturated heterocycles. The number of nitro groups is 1. The van der Waals surface area contributed by atoms with Crippen molar-refractivity contribution in [1.29, 1.82) is 0 Å². The molecule has 7 nitrogen and oxygen atoms in total. The summed E-state index contributed by atoms with van der Waals surface area (Å²) in [7, 11) is 0. The SMILES string of the molecule is CC(NC(=O)Cc1ccc([N+](=O)[O-])cc1)C(C)N1CCOCC1. The Morgan fingerprint density at radius 3 is 2.48 bits per heavy atom. The molecule has 0 radical (unpaired) electrons. The van der Waals surface area contributed by atoms with Crippen molar-refractivity contribution >= 4 is 11.6 Å². The first-order chi connectivity index (χ1) is 11.0. The van der Waals surface area contributed by atoms with Crippen LogP contribution in [0.25, 0.3) is 0 Å². The average Bonchev–Trinajstić information content (AvgIpc) is 2.55. The Kier molecular flexibility index (Phi) is 6.06. The van der Waals surface area contributed by atoms with E-state index in [4.69, 9.17) is 4.74 Å².